The van der Waals surface area contributed by atoms with Gasteiger partial charge in [-0.25, -0.2) is 8.42 Å². The Morgan fingerprint density at radius 2 is 1.53 bits per heavy atom. The second kappa shape index (κ2) is 10.8. The van der Waals surface area contributed by atoms with Crippen LogP contribution < -0.4 is 13.8 Å². The van der Waals surface area contributed by atoms with Crippen molar-refractivity contribution >= 4 is 33.2 Å². The van der Waals surface area contributed by atoms with E-state index in [0.717, 1.165) is 15.4 Å². The van der Waals surface area contributed by atoms with Crippen LogP contribution in [0.4, 0.5) is 5.69 Å². The number of sulfonamides is 1. The first-order valence-corrected chi connectivity index (χ1v) is 12.3. The fourth-order valence-corrected chi connectivity index (χ4v) is 4.88. The maximum Gasteiger partial charge on any atom is 0.264 e. The number of carbonyl (C=O) groups is 1. The fourth-order valence-electron chi connectivity index (χ4n) is 3.34. The molecule has 0 radical (unpaired) electrons. The lowest BCUT2D eigenvalue weighted by atomic mass is 10.2. The summed E-state index contributed by atoms with van der Waals surface area (Å²) < 4.78 is 38.7. The Balaban J connectivity index is 1.88. The number of likely N-dealkylation sites (N-methyl/N-ethyl adjacent to an activating group) is 1. The van der Waals surface area contributed by atoms with Crippen LogP contribution in [0.3, 0.4) is 0 Å². The van der Waals surface area contributed by atoms with E-state index in [1.807, 2.05) is 13.0 Å². The quantitative estimate of drug-likeness (QED) is 0.430. The van der Waals surface area contributed by atoms with Crippen LogP contribution in [-0.2, 0) is 21.4 Å². The zero-order valence-electron chi connectivity index (χ0n) is 19.5. The molecule has 0 heterocycles. The van der Waals surface area contributed by atoms with Gasteiger partial charge in [-0.15, -0.1) is 0 Å². The van der Waals surface area contributed by atoms with Crippen molar-refractivity contribution in [1.29, 1.82) is 0 Å². The molecule has 7 nitrogen and oxygen atoms in total. The molecule has 0 bridgehead atoms. The minimum Gasteiger partial charge on any atom is -0.493 e. The molecular formula is C25H27ClN2O5S. The molecule has 3 rings (SSSR count). The highest BCUT2D eigenvalue weighted by atomic mass is 35.5. The number of aryl methyl sites for hydroxylation is 1. The maximum absolute atomic E-state index is 13.5. The first-order valence-electron chi connectivity index (χ1n) is 10.5. The molecule has 9 heteroatoms. The Morgan fingerprint density at radius 3 is 2.12 bits per heavy atom. The predicted octanol–water partition coefficient (Wildman–Crippen LogP) is 4.52. The Labute approximate surface area is 205 Å². The van der Waals surface area contributed by atoms with Gasteiger partial charge in [0.1, 0.15) is 6.54 Å². The SMILES string of the molecule is COc1ccc(CN(C)C(=O)CN(c2ccc(C)cc2)S(=O)(=O)c2ccc(Cl)cc2)cc1OC. The first kappa shape index (κ1) is 25.4. The summed E-state index contributed by atoms with van der Waals surface area (Å²) in [6, 6.07) is 18.2. The molecule has 0 aliphatic heterocycles. The molecule has 180 valence electrons. The van der Waals surface area contributed by atoms with Crippen molar-refractivity contribution in [3.05, 3.63) is 82.9 Å². The standard InChI is InChI=1S/C25H27ClN2O5S/c1-18-5-10-21(11-6-18)28(34(30,31)22-12-8-20(26)9-13-22)17-25(29)27(2)16-19-7-14-23(32-3)24(15-19)33-4/h5-15H,16-17H2,1-4H3. The van der Waals surface area contributed by atoms with Gasteiger partial charge in [0.2, 0.25) is 5.91 Å². The van der Waals surface area contributed by atoms with Crippen molar-refractivity contribution in [2.45, 2.75) is 18.4 Å². The van der Waals surface area contributed by atoms with E-state index in [2.05, 4.69) is 0 Å². The summed E-state index contributed by atoms with van der Waals surface area (Å²) in [7, 11) is 0.701. The molecule has 0 spiro atoms. The zero-order chi connectivity index (χ0) is 24.9. The highest BCUT2D eigenvalue weighted by Gasteiger charge is 2.28. The van der Waals surface area contributed by atoms with Crippen LogP contribution in [0.25, 0.3) is 0 Å². The van der Waals surface area contributed by atoms with Crippen LogP contribution >= 0.6 is 11.6 Å². The summed E-state index contributed by atoms with van der Waals surface area (Å²) in [5.74, 6) is 0.764. The molecule has 0 aliphatic carbocycles. The molecule has 0 saturated heterocycles. The minimum atomic E-state index is -4.01. The first-order chi connectivity index (χ1) is 16.1. The fraction of sp³-hybridized carbons (Fsp3) is 0.240. The number of halogens is 1. The molecule has 0 N–H and O–H groups in total. The molecule has 34 heavy (non-hydrogen) atoms. The van der Waals surface area contributed by atoms with Gasteiger partial charge in [-0.2, -0.15) is 0 Å². The number of methoxy groups -OCH3 is 2. The maximum atomic E-state index is 13.5. The summed E-state index contributed by atoms with van der Waals surface area (Å²) in [5.41, 5.74) is 2.19. The molecule has 0 aromatic heterocycles. The van der Waals surface area contributed by atoms with E-state index >= 15 is 0 Å². The van der Waals surface area contributed by atoms with Gasteiger partial charge < -0.3 is 14.4 Å². The van der Waals surface area contributed by atoms with E-state index in [1.165, 1.54) is 36.3 Å². The second-order valence-corrected chi connectivity index (χ2v) is 10.0. The summed E-state index contributed by atoms with van der Waals surface area (Å²) in [4.78, 5) is 14.7. The monoisotopic (exact) mass is 502 g/mol. The zero-order valence-corrected chi connectivity index (χ0v) is 21.1. The molecule has 0 saturated carbocycles. The van der Waals surface area contributed by atoms with E-state index < -0.39 is 10.0 Å². The third-order valence-electron chi connectivity index (χ3n) is 5.30. The van der Waals surface area contributed by atoms with Crippen molar-refractivity contribution in [2.24, 2.45) is 0 Å². The Morgan fingerprint density at radius 1 is 0.912 bits per heavy atom. The average Bonchev–Trinajstić information content (AvgIpc) is 2.83. The minimum absolute atomic E-state index is 0.0489. The number of hydrogen-bond donors (Lipinski definition) is 0. The van der Waals surface area contributed by atoms with E-state index in [9.17, 15) is 13.2 Å². The van der Waals surface area contributed by atoms with Gasteiger partial charge >= 0.3 is 0 Å². The molecule has 0 aliphatic rings. The van der Waals surface area contributed by atoms with Crippen molar-refractivity contribution in [1.82, 2.24) is 4.90 Å². The number of anilines is 1. The number of hydrogen-bond acceptors (Lipinski definition) is 5. The Hall–Kier alpha value is -3.23. The van der Waals surface area contributed by atoms with Crippen molar-refractivity contribution in [3.8, 4) is 11.5 Å². The molecular weight excluding hydrogens is 476 g/mol. The third kappa shape index (κ3) is 5.81. The van der Waals surface area contributed by atoms with Gasteiger partial charge in [0.15, 0.2) is 11.5 Å². The number of rotatable bonds is 9. The van der Waals surface area contributed by atoms with E-state index in [1.54, 1.807) is 50.6 Å². The van der Waals surface area contributed by atoms with Crippen LogP contribution in [0, 0.1) is 6.92 Å². The number of carbonyl (C=O) groups excluding carboxylic acids is 1. The second-order valence-electron chi connectivity index (χ2n) is 7.74. The van der Waals surface area contributed by atoms with E-state index in [-0.39, 0.29) is 23.9 Å². The average molecular weight is 503 g/mol. The summed E-state index contributed by atoms with van der Waals surface area (Å²) >= 11 is 5.93. The Bertz CT molecular complexity index is 1250. The van der Waals surface area contributed by atoms with Gasteiger partial charge in [0, 0.05) is 18.6 Å². The number of ether oxygens (including phenoxy) is 2. The van der Waals surface area contributed by atoms with Crippen LogP contribution in [0.1, 0.15) is 11.1 Å². The number of amides is 1. The Kier molecular flexibility index (Phi) is 8.06. The van der Waals surface area contributed by atoms with Crippen LogP contribution in [0.5, 0.6) is 11.5 Å². The summed E-state index contributed by atoms with van der Waals surface area (Å²) in [6.07, 6.45) is 0. The van der Waals surface area contributed by atoms with Gasteiger partial charge in [0.05, 0.1) is 24.8 Å². The number of benzene rings is 3. The molecule has 3 aromatic carbocycles. The molecule has 0 atom stereocenters. The van der Waals surface area contributed by atoms with Gasteiger partial charge in [0.25, 0.3) is 10.0 Å². The third-order valence-corrected chi connectivity index (χ3v) is 7.34. The molecule has 0 fully saturated rings. The smallest absolute Gasteiger partial charge is 0.264 e. The van der Waals surface area contributed by atoms with Crippen molar-refractivity contribution in [2.75, 3.05) is 32.1 Å². The lowest BCUT2D eigenvalue weighted by molar-refractivity contribution is -0.128. The van der Waals surface area contributed by atoms with Crippen molar-refractivity contribution in [3.63, 3.8) is 0 Å². The predicted molar refractivity (Wildman–Crippen MR) is 133 cm³/mol. The van der Waals surface area contributed by atoms with Crippen LogP contribution in [0.2, 0.25) is 5.02 Å². The van der Waals surface area contributed by atoms with Crippen LogP contribution in [-0.4, -0.2) is 47.0 Å². The molecule has 1 amide bonds. The normalized spacial score (nSPS) is 11.1. The van der Waals surface area contributed by atoms with Gasteiger partial charge in [-0.05, 0) is 61.0 Å². The summed E-state index contributed by atoms with van der Waals surface area (Å²) in [5, 5.41) is 0.423. The largest absolute Gasteiger partial charge is 0.493 e. The van der Waals surface area contributed by atoms with E-state index in [4.69, 9.17) is 21.1 Å². The molecule has 0 unspecified atom stereocenters. The van der Waals surface area contributed by atoms with Gasteiger partial charge in [-0.3, -0.25) is 9.10 Å². The lowest BCUT2D eigenvalue weighted by Crippen LogP contribution is -2.41. The highest BCUT2D eigenvalue weighted by molar-refractivity contribution is 7.92. The number of nitrogens with zero attached hydrogens (tertiary/aromatic N) is 2. The van der Waals surface area contributed by atoms with Crippen molar-refractivity contribution < 1.29 is 22.7 Å². The summed E-state index contributed by atoms with van der Waals surface area (Å²) in [6.45, 7) is 1.81. The van der Waals surface area contributed by atoms with Crippen LogP contribution in [0.15, 0.2) is 71.6 Å². The topological polar surface area (TPSA) is 76.2 Å². The highest BCUT2D eigenvalue weighted by Crippen LogP contribution is 2.28. The lowest BCUT2D eigenvalue weighted by Gasteiger charge is -2.27. The van der Waals surface area contributed by atoms with E-state index in [0.29, 0.717) is 22.2 Å². The van der Waals surface area contributed by atoms with Gasteiger partial charge in [-0.1, -0.05) is 35.4 Å². The molecule has 3 aromatic rings.